The Bertz CT molecular complexity index is 569. The summed E-state index contributed by atoms with van der Waals surface area (Å²) in [6, 6.07) is 10.2. The van der Waals surface area contributed by atoms with E-state index in [1.54, 1.807) is 0 Å². The van der Waals surface area contributed by atoms with Gasteiger partial charge in [0.2, 0.25) is 0 Å². The summed E-state index contributed by atoms with van der Waals surface area (Å²) in [5, 5.41) is 21.6. The highest BCUT2D eigenvalue weighted by atomic mass is 16.4. The van der Waals surface area contributed by atoms with Crippen molar-refractivity contribution < 1.29 is 9.90 Å². The maximum atomic E-state index is 11.3. The van der Waals surface area contributed by atoms with Gasteiger partial charge in [-0.25, -0.2) is 0 Å². The van der Waals surface area contributed by atoms with Gasteiger partial charge < -0.3 is 15.3 Å². The first-order chi connectivity index (χ1) is 11.5. The second-order valence-corrected chi connectivity index (χ2v) is 6.99. The van der Waals surface area contributed by atoms with Crippen LogP contribution in [0.3, 0.4) is 0 Å². The van der Waals surface area contributed by atoms with Crippen molar-refractivity contribution in [1.29, 1.82) is 5.26 Å². The van der Waals surface area contributed by atoms with Gasteiger partial charge in [-0.05, 0) is 49.4 Å². The van der Waals surface area contributed by atoms with Crippen LogP contribution < -0.4 is 10.2 Å². The highest BCUT2D eigenvalue weighted by Gasteiger charge is 2.23. The van der Waals surface area contributed by atoms with Gasteiger partial charge in [-0.3, -0.25) is 4.79 Å². The van der Waals surface area contributed by atoms with E-state index in [1.807, 2.05) is 24.3 Å². The summed E-state index contributed by atoms with van der Waals surface area (Å²) in [5.41, 5.74) is 1.83. The van der Waals surface area contributed by atoms with Crippen molar-refractivity contribution in [2.24, 2.45) is 11.8 Å². The van der Waals surface area contributed by atoms with Gasteiger partial charge in [0.05, 0.1) is 17.6 Å². The molecule has 0 amide bonds. The lowest BCUT2D eigenvalue weighted by Gasteiger charge is -2.34. The molecule has 0 aromatic heterocycles. The van der Waals surface area contributed by atoms with E-state index in [1.165, 1.54) is 0 Å². The zero-order valence-electron chi connectivity index (χ0n) is 14.5. The molecule has 0 spiro atoms. The van der Waals surface area contributed by atoms with E-state index in [0.29, 0.717) is 30.5 Å². The average Bonchev–Trinajstić information content (AvgIpc) is 2.58. The van der Waals surface area contributed by atoms with Crippen molar-refractivity contribution in [2.45, 2.75) is 39.2 Å². The number of aliphatic carboxylic acids is 1. The van der Waals surface area contributed by atoms with Gasteiger partial charge in [0.1, 0.15) is 0 Å². The van der Waals surface area contributed by atoms with Gasteiger partial charge in [0, 0.05) is 31.4 Å². The number of carbonyl (C=O) groups is 1. The normalized spacial score (nSPS) is 16.8. The minimum Gasteiger partial charge on any atom is -0.481 e. The Balaban J connectivity index is 1.79. The molecule has 5 heteroatoms. The maximum absolute atomic E-state index is 11.3. The first-order valence-corrected chi connectivity index (χ1v) is 8.71. The minimum absolute atomic E-state index is 0.304. The van der Waals surface area contributed by atoms with Crippen molar-refractivity contribution >= 4 is 11.7 Å². The van der Waals surface area contributed by atoms with Crippen LogP contribution >= 0.6 is 0 Å². The zero-order valence-corrected chi connectivity index (χ0v) is 14.5. The summed E-state index contributed by atoms with van der Waals surface area (Å²) >= 11 is 0. The molecule has 1 aliphatic rings. The van der Waals surface area contributed by atoms with Gasteiger partial charge in [-0.1, -0.05) is 13.8 Å². The predicted octanol–water partition coefficient (Wildman–Crippen LogP) is 2.86. The van der Waals surface area contributed by atoms with Gasteiger partial charge in [0.25, 0.3) is 0 Å². The Morgan fingerprint density at radius 1 is 1.33 bits per heavy atom. The fourth-order valence-corrected chi connectivity index (χ4v) is 3.24. The largest absolute Gasteiger partial charge is 0.481 e. The molecule has 1 fully saturated rings. The van der Waals surface area contributed by atoms with Crippen molar-refractivity contribution in [3.63, 3.8) is 0 Å². The van der Waals surface area contributed by atoms with Crippen LogP contribution in [0.1, 0.15) is 38.7 Å². The SMILES string of the molecule is CC(C)CC(CNC1CCN(c2ccc(C#N)cc2)CC1)C(=O)O. The van der Waals surface area contributed by atoms with Crippen LogP contribution in [0.25, 0.3) is 0 Å². The van der Waals surface area contributed by atoms with Crippen LogP contribution in [0.5, 0.6) is 0 Å². The Morgan fingerprint density at radius 3 is 2.46 bits per heavy atom. The van der Waals surface area contributed by atoms with Crippen LogP contribution in [0, 0.1) is 23.2 Å². The Labute approximate surface area is 144 Å². The molecule has 1 aromatic rings. The average molecular weight is 329 g/mol. The van der Waals surface area contributed by atoms with Crippen molar-refractivity contribution in [1.82, 2.24) is 5.32 Å². The summed E-state index contributed by atoms with van der Waals surface area (Å²) in [5.74, 6) is -0.612. The number of benzene rings is 1. The number of piperidine rings is 1. The second-order valence-electron chi connectivity index (χ2n) is 6.99. The monoisotopic (exact) mass is 329 g/mol. The Morgan fingerprint density at radius 2 is 1.96 bits per heavy atom. The van der Waals surface area contributed by atoms with Gasteiger partial charge in [-0.2, -0.15) is 5.26 Å². The molecule has 1 atom stereocenters. The molecule has 1 aliphatic heterocycles. The number of carboxylic acid groups (broad SMARTS) is 1. The predicted molar refractivity (Wildman–Crippen MR) is 95.0 cm³/mol. The van der Waals surface area contributed by atoms with Crippen LogP contribution in [-0.2, 0) is 4.79 Å². The summed E-state index contributed by atoms with van der Waals surface area (Å²) in [6.07, 6.45) is 2.73. The van der Waals surface area contributed by atoms with Gasteiger partial charge in [0.15, 0.2) is 0 Å². The molecule has 1 saturated heterocycles. The topological polar surface area (TPSA) is 76.4 Å². The van der Waals surface area contributed by atoms with E-state index in [-0.39, 0.29) is 5.92 Å². The fraction of sp³-hybridized carbons (Fsp3) is 0.579. The Hall–Kier alpha value is -2.06. The molecule has 24 heavy (non-hydrogen) atoms. The molecule has 2 N–H and O–H groups in total. The Kier molecular flexibility index (Phi) is 6.62. The van der Waals surface area contributed by atoms with Crippen molar-refractivity contribution in [3.05, 3.63) is 29.8 Å². The minimum atomic E-state index is -0.703. The smallest absolute Gasteiger partial charge is 0.307 e. The molecule has 1 heterocycles. The first-order valence-electron chi connectivity index (χ1n) is 8.71. The van der Waals surface area contributed by atoms with Crippen LogP contribution in [-0.4, -0.2) is 36.8 Å². The number of rotatable bonds is 7. The van der Waals surface area contributed by atoms with E-state index in [2.05, 4.69) is 30.1 Å². The third-order valence-electron chi connectivity index (χ3n) is 4.61. The quantitative estimate of drug-likeness (QED) is 0.804. The molecular formula is C19H27N3O2. The highest BCUT2D eigenvalue weighted by Crippen LogP contribution is 2.21. The van der Waals surface area contributed by atoms with E-state index in [4.69, 9.17) is 5.26 Å². The fourth-order valence-electron chi connectivity index (χ4n) is 3.24. The van der Waals surface area contributed by atoms with E-state index >= 15 is 0 Å². The maximum Gasteiger partial charge on any atom is 0.307 e. The first kappa shape index (κ1) is 18.3. The zero-order chi connectivity index (χ0) is 17.5. The van der Waals surface area contributed by atoms with Crippen molar-refractivity contribution in [3.8, 4) is 6.07 Å². The molecule has 0 radical (unpaired) electrons. The summed E-state index contributed by atoms with van der Waals surface area (Å²) in [4.78, 5) is 13.6. The molecule has 0 saturated carbocycles. The molecule has 0 aliphatic carbocycles. The second kappa shape index (κ2) is 8.70. The molecule has 1 aromatic carbocycles. The lowest BCUT2D eigenvalue weighted by molar-refractivity contribution is -0.142. The number of nitriles is 1. The number of nitrogens with one attached hydrogen (secondary N) is 1. The summed E-state index contributed by atoms with van der Waals surface area (Å²) < 4.78 is 0. The number of nitrogens with zero attached hydrogens (tertiary/aromatic N) is 2. The third kappa shape index (κ3) is 5.24. The number of hydrogen-bond acceptors (Lipinski definition) is 4. The molecule has 130 valence electrons. The van der Waals surface area contributed by atoms with E-state index in [9.17, 15) is 9.90 Å². The molecule has 0 bridgehead atoms. The number of anilines is 1. The van der Waals surface area contributed by atoms with Crippen LogP contribution in [0.4, 0.5) is 5.69 Å². The lowest BCUT2D eigenvalue weighted by atomic mass is 9.96. The summed E-state index contributed by atoms with van der Waals surface area (Å²) in [7, 11) is 0. The molecule has 1 unspecified atom stereocenters. The third-order valence-corrected chi connectivity index (χ3v) is 4.61. The highest BCUT2D eigenvalue weighted by molar-refractivity contribution is 5.70. The molecule has 5 nitrogen and oxygen atoms in total. The lowest BCUT2D eigenvalue weighted by Crippen LogP contribution is -2.44. The van der Waals surface area contributed by atoms with Gasteiger partial charge >= 0.3 is 5.97 Å². The number of carboxylic acids is 1. The molecule has 2 rings (SSSR count). The number of hydrogen-bond donors (Lipinski definition) is 2. The van der Waals surface area contributed by atoms with E-state index in [0.717, 1.165) is 31.6 Å². The summed E-state index contributed by atoms with van der Waals surface area (Å²) in [6.45, 7) is 6.57. The standard InChI is InChI=1S/C19H27N3O2/c1-14(2)11-16(19(23)24)13-21-17-7-9-22(10-8-17)18-5-3-15(12-20)4-6-18/h3-6,14,16-17,21H,7-11,13H2,1-2H3,(H,23,24). The van der Waals surface area contributed by atoms with Crippen molar-refractivity contribution in [2.75, 3.05) is 24.5 Å². The van der Waals surface area contributed by atoms with E-state index < -0.39 is 5.97 Å². The van der Waals surface area contributed by atoms with Crippen LogP contribution in [0.15, 0.2) is 24.3 Å². The van der Waals surface area contributed by atoms with Gasteiger partial charge in [-0.15, -0.1) is 0 Å². The molecular weight excluding hydrogens is 302 g/mol. The van der Waals surface area contributed by atoms with Crippen LogP contribution in [0.2, 0.25) is 0 Å².